The first-order valence-electron chi connectivity index (χ1n) is 3.62. The fourth-order valence-corrected chi connectivity index (χ4v) is 1.20. The molecule has 0 aromatic heterocycles. The lowest BCUT2D eigenvalue weighted by atomic mass is 10.1. The highest BCUT2D eigenvalue weighted by atomic mass is 127. The average Bonchev–Trinajstić information content (AvgIpc) is 2.03. The molecule has 1 heteroatoms. The van der Waals surface area contributed by atoms with Gasteiger partial charge in [-0.15, -0.1) is 0 Å². The van der Waals surface area contributed by atoms with Crippen molar-refractivity contribution in [3.63, 3.8) is 0 Å². The Balaban J connectivity index is 2.86. The highest BCUT2D eigenvalue weighted by molar-refractivity contribution is 14.1. The van der Waals surface area contributed by atoms with E-state index in [4.69, 9.17) is 0 Å². The summed E-state index contributed by atoms with van der Waals surface area (Å²) in [5.74, 6) is 0. The van der Waals surface area contributed by atoms with Crippen LogP contribution in [0.25, 0.3) is 6.08 Å². The van der Waals surface area contributed by atoms with Crippen molar-refractivity contribution in [3.8, 4) is 0 Å². The Morgan fingerprint density at radius 2 is 2.09 bits per heavy atom. The molecule has 0 heterocycles. The van der Waals surface area contributed by atoms with E-state index in [1.54, 1.807) is 0 Å². The molecule has 1 aromatic carbocycles. The van der Waals surface area contributed by atoms with Crippen molar-refractivity contribution in [1.82, 2.24) is 0 Å². The minimum absolute atomic E-state index is 1.08. The molecule has 0 bridgehead atoms. The van der Waals surface area contributed by atoms with Crippen LogP contribution in [0.4, 0.5) is 0 Å². The van der Waals surface area contributed by atoms with Crippen molar-refractivity contribution in [2.45, 2.75) is 6.92 Å². The van der Waals surface area contributed by atoms with Crippen LogP contribution in [0.1, 0.15) is 11.1 Å². The highest BCUT2D eigenvalue weighted by Crippen LogP contribution is 2.08. The molecule has 0 unspecified atom stereocenters. The topological polar surface area (TPSA) is 0 Å². The van der Waals surface area contributed by atoms with Crippen LogP contribution < -0.4 is 0 Å². The summed E-state index contributed by atoms with van der Waals surface area (Å²) in [5.41, 5.74) is 2.66. The molecule has 0 spiro atoms. The first kappa shape index (κ1) is 8.78. The zero-order valence-electron chi connectivity index (χ0n) is 6.55. The summed E-state index contributed by atoms with van der Waals surface area (Å²) >= 11 is 2.34. The van der Waals surface area contributed by atoms with Gasteiger partial charge in [-0.2, -0.15) is 0 Å². The normalized spacial score (nSPS) is 10.7. The van der Waals surface area contributed by atoms with Gasteiger partial charge in [0.15, 0.2) is 0 Å². The quantitative estimate of drug-likeness (QED) is 0.563. The van der Waals surface area contributed by atoms with Gasteiger partial charge >= 0.3 is 0 Å². The molecular formula is C10H11I. The van der Waals surface area contributed by atoms with Gasteiger partial charge in [0.2, 0.25) is 0 Å². The zero-order valence-corrected chi connectivity index (χ0v) is 8.71. The summed E-state index contributed by atoms with van der Waals surface area (Å²) in [6.07, 6.45) is 4.34. The van der Waals surface area contributed by atoms with Crippen LogP contribution in [0.3, 0.4) is 0 Å². The Morgan fingerprint density at radius 1 is 1.36 bits per heavy atom. The highest BCUT2D eigenvalue weighted by Gasteiger charge is 1.88. The maximum absolute atomic E-state index is 2.34. The van der Waals surface area contributed by atoms with E-state index >= 15 is 0 Å². The van der Waals surface area contributed by atoms with Gasteiger partial charge in [0, 0.05) is 4.43 Å². The van der Waals surface area contributed by atoms with E-state index in [-0.39, 0.29) is 0 Å². The Labute approximate surface area is 81.5 Å². The third-order valence-electron chi connectivity index (χ3n) is 1.57. The van der Waals surface area contributed by atoms with E-state index in [2.05, 4.69) is 65.9 Å². The van der Waals surface area contributed by atoms with Gasteiger partial charge in [-0.3, -0.25) is 0 Å². The maximum atomic E-state index is 2.34. The molecular weight excluding hydrogens is 247 g/mol. The first-order valence-corrected chi connectivity index (χ1v) is 5.15. The summed E-state index contributed by atoms with van der Waals surface area (Å²) in [5, 5.41) is 0. The predicted octanol–water partition coefficient (Wildman–Crippen LogP) is 3.44. The zero-order chi connectivity index (χ0) is 8.10. The van der Waals surface area contributed by atoms with E-state index in [1.165, 1.54) is 11.1 Å². The third kappa shape index (κ3) is 2.66. The molecule has 0 aliphatic carbocycles. The molecule has 0 aliphatic rings. The van der Waals surface area contributed by atoms with Gasteiger partial charge in [0.1, 0.15) is 0 Å². The second-order valence-corrected chi connectivity index (χ2v) is 3.29. The smallest absolute Gasteiger partial charge is 0.0179 e. The minimum Gasteiger partial charge on any atom is -0.0818 e. The van der Waals surface area contributed by atoms with Crippen molar-refractivity contribution < 1.29 is 0 Å². The van der Waals surface area contributed by atoms with E-state index in [1.807, 2.05) is 0 Å². The van der Waals surface area contributed by atoms with Crippen LogP contribution in [-0.2, 0) is 0 Å². The number of allylic oxidation sites excluding steroid dienone is 1. The fraction of sp³-hybridized carbons (Fsp3) is 0.200. The van der Waals surface area contributed by atoms with Crippen molar-refractivity contribution in [2.24, 2.45) is 0 Å². The summed E-state index contributed by atoms with van der Waals surface area (Å²) in [7, 11) is 0. The van der Waals surface area contributed by atoms with Crippen LogP contribution in [0.5, 0.6) is 0 Å². The molecule has 11 heavy (non-hydrogen) atoms. The lowest BCUT2D eigenvalue weighted by molar-refractivity contribution is 1.44. The molecule has 0 saturated heterocycles. The SMILES string of the molecule is Cc1ccccc1/C=C/CI. The fourth-order valence-electron chi connectivity index (χ4n) is 0.945. The van der Waals surface area contributed by atoms with E-state index in [0.29, 0.717) is 0 Å². The summed E-state index contributed by atoms with van der Waals surface area (Å²) in [6, 6.07) is 8.40. The van der Waals surface area contributed by atoms with Crippen molar-refractivity contribution in [1.29, 1.82) is 0 Å². The molecule has 0 fully saturated rings. The Morgan fingerprint density at radius 3 is 2.73 bits per heavy atom. The number of halogens is 1. The molecule has 58 valence electrons. The molecule has 1 aromatic rings. The lowest BCUT2D eigenvalue weighted by Gasteiger charge is -1.96. The first-order chi connectivity index (χ1) is 5.34. The largest absolute Gasteiger partial charge is 0.0818 e. The maximum Gasteiger partial charge on any atom is 0.0179 e. The second kappa shape index (κ2) is 4.54. The predicted molar refractivity (Wildman–Crippen MR) is 59.1 cm³/mol. The second-order valence-electron chi connectivity index (χ2n) is 2.41. The van der Waals surface area contributed by atoms with Crippen LogP contribution in [-0.4, -0.2) is 4.43 Å². The van der Waals surface area contributed by atoms with Gasteiger partial charge in [0.25, 0.3) is 0 Å². The van der Waals surface area contributed by atoms with E-state index in [0.717, 1.165) is 4.43 Å². The van der Waals surface area contributed by atoms with Crippen molar-refractivity contribution >= 4 is 28.7 Å². The number of aryl methyl sites for hydroxylation is 1. The summed E-state index contributed by atoms with van der Waals surface area (Å²) < 4.78 is 1.08. The molecule has 0 aliphatic heterocycles. The van der Waals surface area contributed by atoms with Crippen LogP contribution in [0, 0.1) is 6.92 Å². The van der Waals surface area contributed by atoms with Crippen molar-refractivity contribution in [3.05, 3.63) is 41.5 Å². The van der Waals surface area contributed by atoms with Crippen molar-refractivity contribution in [2.75, 3.05) is 4.43 Å². The van der Waals surface area contributed by atoms with Crippen LogP contribution in [0.2, 0.25) is 0 Å². The number of hydrogen-bond acceptors (Lipinski definition) is 0. The Hall–Kier alpha value is -0.310. The third-order valence-corrected chi connectivity index (χ3v) is 2.08. The number of benzene rings is 1. The molecule has 1 rings (SSSR count). The Bertz CT molecular complexity index is 251. The molecule has 0 atom stereocenters. The molecule has 0 nitrogen and oxygen atoms in total. The van der Waals surface area contributed by atoms with Gasteiger partial charge in [-0.25, -0.2) is 0 Å². The molecule has 0 saturated carbocycles. The number of alkyl halides is 1. The lowest BCUT2D eigenvalue weighted by Crippen LogP contribution is -1.77. The number of rotatable bonds is 2. The van der Waals surface area contributed by atoms with Crippen LogP contribution in [0.15, 0.2) is 30.3 Å². The molecule has 0 N–H and O–H groups in total. The van der Waals surface area contributed by atoms with Gasteiger partial charge in [-0.1, -0.05) is 59.0 Å². The minimum atomic E-state index is 1.08. The average molecular weight is 258 g/mol. The summed E-state index contributed by atoms with van der Waals surface area (Å²) in [4.78, 5) is 0. The van der Waals surface area contributed by atoms with E-state index < -0.39 is 0 Å². The van der Waals surface area contributed by atoms with Gasteiger partial charge in [-0.05, 0) is 18.1 Å². The van der Waals surface area contributed by atoms with Crippen LogP contribution >= 0.6 is 22.6 Å². The monoisotopic (exact) mass is 258 g/mol. The summed E-state index contributed by atoms with van der Waals surface area (Å²) in [6.45, 7) is 2.13. The number of hydrogen-bond donors (Lipinski definition) is 0. The van der Waals surface area contributed by atoms with Gasteiger partial charge in [0.05, 0.1) is 0 Å². The molecule has 0 amide bonds. The van der Waals surface area contributed by atoms with E-state index in [9.17, 15) is 0 Å². The Kier molecular flexibility index (Phi) is 3.63. The van der Waals surface area contributed by atoms with Gasteiger partial charge < -0.3 is 0 Å². The molecule has 0 radical (unpaired) electrons. The standard InChI is InChI=1S/C10H11I/c1-9-5-2-3-6-10(9)7-4-8-11/h2-7H,8H2,1H3/b7-4+.